The highest BCUT2D eigenvalue weighted by Crippen LogP contribution is 2.30. The van der Waals surface area contributed by atoms with Crippen molar-refractivity contribution in [1.82, 2.24) is 19.5 Å². The molecule has 8 nitrogen and oxygen atoms in total. The molecule has 2 amide bonds. The van der Waals surface area contributed by atoms with Crippen LogP contribution in [0, 0.1) is 5.92 Å². The molecule has 3 heterocycles. The van der Waals surface area contributed by atoms with Crippen molar-refractivity contribution in [2.45, 2.75) is 12.8 Å². The van der Waals surface area contributed by atoms with Gasteiger partial charge in [0.2, 0.25) is 11.9 Å². The summed E-state index contributed by atoms with van der Waals surface area (Å²) < 4.78 is 7.02. The maximum absolute atomic E-state index is 12.8. The van der Waals surface area contributed by atoms with Crippen molar-refractivity contribution in [1.29, 1.82) is 0 Å². The summed E-state index contributed by atoms with van der Waals surface area (Å²) in [6.45, 7) is 5.30. The molecule has 1 aliphatic heterocycles. The zero-order valence-corrected chi connectivity index (χ0v) is 16.4. The largest absolute Gasteiger partial charge is 0.373 e. The summed E-state index contributed by atoms with van der Waals surface area (Å²) in [7, 11) is 0. The van der Waals surface area contributed by atoms with Crippen LogP contribution in [0.15, 0.2) is 54.7 Å². The minimum absolute atomic E-state index is 0.0278. The maximum atomic E-state index is 12.8. The Morgan fingerprint density at radius 1 is 1.13 bits per heavy atom. The predicted molar refractivity (Wildman–Crippen MR) is 111 cm³/mol. The highest BCUT2D eigenvalue weighted by molar-refractivity contribution is 5.96. The number of benzene rings is 1. The van der Waals surface area contributed by atoms with Crippen LogP contribution in [-0.2, 0) is 9.53 Å². The van der Waals surface area contributed by atoms with Crippen LogP contribution in [-0.4, -0.2) is 51.1 Å². The van der Waals surface area contributed by atoms with Gasteiger partial charge in [0.05, 0.1) is 18.9 Å². The van der Waals surface area contributed by atoms with Crippen LogP contribution in [0.3, 0.4) is 0 Å². The monoisotopic (exact) mass is 403 g/mol. The molecular formula is C22H21N5O3. The van der Waals surface area contributed by atoms with Crippen LogP contribution < -0.4 is 5.32 Å². The molecule has 8 heteroatoms. The molecule has 152 valence electrons. The second-order valence-corrected chi connectivity index (χ2v) is 7.53. The molecule has 0 atom stereocenters. The topological polar surface area (TPSA) is 88.8 Å². The number of rotatable bonds is 4. The minimum Gasteiger partial charge on any atom is -0.373 e. The number of nitrogens with one attached hydrogen (secondary N) is 1. The first-order valence-electron chi connectivity index (χ1n) is 9.94. The summed E-state index contributed by atoms with van der Waals surface area (Å²) in [6, 6.07) is 13.0. The van der Waals surface area contributed by atoms with Crippen LogP contribution >= 0.6 is 0 Å². The molecule has 0 unspecified atom stereocenters. The normalized spacial score (nSPS) is 16.7. The SMILES string of the molecule is C=C1COCCN1C(=O)c1ccc(-c2cccc3nc(NC(=O)C4CC4)nn23)cc1. The van der Waals surface area contributed by atoms with Crippen LogP contribution in [0.2, 0.25) is 0 Å². The molecule has 1 aromatic carbocycles. The van der Waals surface area contributed by atoms with Gasteiger partial charge in [0.1, 0.15) is 0 Å². The van der Waals surface area contributed by atoms with Gasteiger partial charge in [-0.05, 0) is 37.1 Å². The summed E-state index contributed by atoms with van der Waals surface area (Å²) in [4.78, 5) is 30.8. The molecule has 2 aromatic heterocycles. The zero-order valence-electron chi connectivity index (χ0n) is 16.4. The highest BCUT2D eigenvalue weighted by atomic mass is 16.5. The summed E-state index contributed by atoms with van der Waals surface area (Å²) in [5.41, 5.74) is 3.61. The van der Waals surface area contributed by atoms with Crippen molar-refractivity contribution >= 4 is 23.4 Å². The van der Waals surface area contributed by atoms with Gasteiger partial charge in [-0.2, -0.15) is 4.98 Å². The first-order chi connectivity index (χ1) is 14.6. The first-order valence-corrected chi connectivity index (χ1v) is 9.94. The van der Waals surface area contributed by atoms with Crippen LogP contribution in [0.4, 0.5) is 5.95 Å². The number of morpholine rings is 1. The number of hydrogen-bond acceptors (Lipinski definition) is 5. The molecule has 0 radical (unpaired) electrons. The zero-order chi connectivity index (χ0) is 20.7. The Balaban J connectivity index is 1.41. The van der Waals surface area contributed by atoms with E-state index >= 15 is 0 Å². The lowest BCUT2D eigenvalue weighted by atomic mass is 10.1. The van der Waals surface area contributed by atoms with Gasteiger partial charge in [0, 0.05) is 29.3 Å². The summed E-state index contributed by atoms with van der Waals surface area (Å²) in [5, 5.41) is 7.24. The lowest BCUT2D eigenvalue weighted by Crippen LogP contribution is -2.38. The third kappa shape index (κ3) is 3.46. The predicted octanol–water partition coefficient (Wildman–Crippen LogP) is 2.73. The van der Waals surface area contributed by atoms with E-state index in [1.54, 1.807) is 21.5 Å². The molecular weight excluding hydrogens is 382 g/mol. The number of pyridine rings is 1. The Hall–Kier alpha value is -3.52. The standard InChI is InChI=1S/C22H21N5O3/c1-14-13-30-12-11-26(14)21(29)17-9-5-15(6-10-17)18-3-2-4-19-23-22(25-27(18)19)24-20(28)16-7-8-16/h2-6,9-10,16H,1,7-8,11-13H2,(H,24,25,28). The fourth-order valence-corrected chi connectivity index (χ4v) is 3.50. The number of ether oxygens (including phenoxy) is 1. The Morgan fingerprint density at radius 3 is 2.67 bits per heavy atom. The van der Waals surface area contributed by atoms with Crippen molar-refractivity contribution in [2.24, 2.45) is 5.92 Å². The molecule has 1 N–H and O–H groups in total. The quantitative estimate of drug-likeness (QED) is 0.724. The average Bonchev–Trinajstić information content (AvgIpc) is 3.53. The molecule has 1 saturated heterocycles. The van der Waals surface area contributed by atoms with Gasteiger partial charge in [-0.25, -0.2) is 4.52 Å². The Bertz CT molecular complexity index is 1150. The van der Waals surface area contributed by atoms with Crippen LogP contribution in [0.25, 0.3) is 16.9 Å². The third-order valence-electron chi connectivity index (χ3n) is 5.33. The maximum Gasteiger partial charge on any atom is 0.258 e. The third-order valence-corrected chi connectivity index (χ3v) is 5.33. The minimum atomic E-state index is -0.0844. The summed E-state index contributed by atoms with van der Waals surface area (Å²) in [5.74, 6) is 0.277. The highest BCUT2D eigenvalue weighted by Gasteiger charge is 2.30. The van der Waals surface area contributed by atoms with E-state index in [1.807, 2.05) is 30.3 Å². The van der Waals surface area contributed by atoms with E-state index in [0.717, 1.165) is 24.1 Å². The first kappa shape index (κ1) is 18.5. The van der Waals surface area contributed by atoms with E-state index in [1.165, 1.54) is 0 Å². The summed E-state index contributed by atoms with van der Waals surface area (Å²) in [6.07, 6.45) is 1.85. The Kier molecular flexibility index (Phi) is 4.55. The molecule has 0 bridgehead atoms. The van der Waals surface area contributed by atoms with Crippen molar-refractivity contribution in [3.8, 4) is 11.3 Å². The smallest absolute Gasteiger partial charge is 0.258 e. The van der Waals surface area contributed by atoms with Crippen molar-refractivity contribution in [2.75, 3.05) is 25.1 Å². The number of fused-ring (bicyclic) bond motifs is 1. The molecule has 30 heavy (non-hydrogen) atoms. The molecule has 2 fully saturated rings. The van der Waals surface area contributed by atoms with Gasteiger partial charge >= 0.3 is 0 Å². The number of aromatic nitrogens is 3. The van der Waals surface area contributed by atoms with Gasteiger partial charge in [-0.1, -0.05) is 24.8 Å². The molecule has 1 saturated carbocycles. The van der Waals surface area contributed by atoms with Crippen LogP contribution in [0.5, 0.6) is 0 Å². The van der Waals surface area contributed by atoms with E-state index in [2.05, 4.69) is 22.0 Å². The van der Waals surface area contributed by atoms with E-state index in [0.29, 0.717) is 42.6 Å². The van der Waals surface area contributed by atoms with E-state index < -0.39 is 0 Å². The number of carbonyl (C=O) groups is 2. The number of carbonyl (C=O) groups excluding carboxylic acids is 2. The van der Waals surface area contributed by atoms with Crippen molar-refractivity contribution < 1.29 is 14.3 Å². The fourth-order valence-electron chi connectivity index (χ4n) is 3.50. The Labute approximate surface area is 173 Å². The van der Waals surface area contributed by atoms with Crippen molar-refractivity contribution in [3.63, 3.8) is 0 Å². The second kappa shape index (κ2) is 7.38. The van der Waals surface area contributed by atoms with E-state index in [4.69, 9.17) is 4.74 Å². The number of anilines is 1. The van der Waals surface area contributed by atoms with Gasteiger partial charge in [0.15, 0.2) is 5.65 Å². The lowest BCUT2D eigenvalue weighted by molar-refractivity contribution is -0.117. The Morgan fingerprint density at radius 2 is 1.93 bits per heavy atom. The van der Waals surface area contributed by atoms with Gasteiger partial charge in [0.25, 0.3) is 5.91 Å². The number of hydrogen-bond donors (Lipinski definition) is 1. The molecule has 0 spiro atoms. The average molecular weight is 403 g/mol. The fraction of sp³-hybridized carbons (Fsp3) is 0.273. The van der Waals surface area contributed by atoms with Crippen molar-refractivity contribution in [3.05, 3.63) is 60.3 Å². The molecule has 3 aromatic rings. The molecule has 5 rings (SSSR count). The second-order valence-electron chi connectivity index (χ2n) is 7.53. The molecule has 1 aliphatic carbocycles. The lowest BCUT2D eigenvalue weighted by Gasteiger charge is -2.29. The van der Waals surface area contributed by atoms with E-state index in [9.17, 15) is 9.59 Å². The number of nitrogens with zero attached hydrogens (tertiary/aromatic N) is 4. The molecule has 2 aliphatic rings. The van der Waals surface area contributed by atoms with Crippen LogP contribution in [0.1, 0.15) is 23.2 Å². The summed E-state index contributed by atoms with van der Waals surface area (Å²) >= 11 is 0. The van der Waals surface area contributed by atoms with E-state index in [-0.39, 0.29) is 17.7 Å². The number of amides is 2. The van der Waals surface area contributed by atoms with Gasteiger partial charge in [-0.15, -0.1) is 5.10 Å². The van der Waals surface area contributed by atoms with Gasteiger partial charge in [-0.3, -0.25) is 14.9 Å². The van der Waals surface area contributed by atoms with Gasteiger partial charge < -0.3 is 9.64 Å².